The molecule has 1 unspecified atom stereocenters. The molecule has 0 saturated carbocycles. The van der Waals surface area contributed by atoms with Gasteiger partial charge in [0.1, 0.15) is 16.2 Å². The summed E-state index contributed by atoms with van der Waals surface area (Å²) in [4.78, 5) is 15.2. The highest BCUT2D eigenvalue weighted by molar-refractivity contribution is 7.94. The predicted octanol–water partition coefficient (Wildman–Crippen LogP) is 5.40. The van der Waals surface area contributed by atoms with Crippen LogP contribution in [0.4, 0.5) is 11.6 Å². The van der Waals surface area contributed by atoms with Gasteiger partial charge in [-0.2, -0.15) is 0 Å². The molecule has 0 spiro atoms. The second-order valence-electron chi connectivity index (χ2n) is 11.6. The molecule has 2 N–H and O–H groups in total. The van der Waals surface area contributed by atoms with Gasteiger partial charge in [0, 0.05) is 62.2 Å². The lowest BCUT2D eigenvalue weighted by Crippen LogP contribution is -2.44. The van der Waals surface area contributed by atoms with Gasteiger partial charge in [-0.05, 0) is 67.4 Å². The number of thiophene rings is 1. The summed E-state index contributed by atoms with van der Waals surface area (Å²) in [7, 11) is -1.57. The van der Waals surface area contributed by atoms with E-state index in [0.29, 0.717) is 17.3 Å². The van der Waals surface area contributed by atoms with Crippen molar-refractivity contribution >= 4 is 33.0 Å². The van der Waals surface area contributed by atoms with E-state index >= 15 is 0 Å². The van der Waals surface area contributed by atoms with Crippen LogP contribution in [-0.2, 0) is 16.4 Å². The average Bonchev–Trinajstić information content (AvgIpc) is 3.78. The largest absolute Gasteiger partial charge is 0.364 e. The first-order valence-electron chi connectivity index (χ1n) is 15.2. The Morgan fingerprint density at radius 3 is 2.62 bits per heavy atom. The third-order valence-electron chi connectivity index (χ3n) is 8.51. The smallest absolute Gasteiger partial charge is 0.271 e. The highest BCUT2D eigenvalue weighted by Crippen LogP contribution is 2.42. The van der Waals surface area contributed by atoms with Gasteiger partial charge in [-0.3, -0.25) is 4.72 Å². The Morgan fingerprint density at radius 2 is 1.82 bits per heavy atom. The number of nitrogens with zero attached hydrogens (tertiary/aromatic N) is 5. The number of likely N-dealkylation sites (N-methyl/N-ethyl adjacent to an activating group) is 1. The van der Waals surface area contributed by atoms with E-state index in [4.69, 9.17) is 9.51 Å². The molecule has 1 aliphatic heterocycles. The van der Waals surface area contributed by atoms with Gasteiger partial charge in [-0.25, -0.2) is 18.4 Å². The third-order valence-corrected chi connectivity index (χ3v) is 11.5. The SMILES string of the molecule is CN1CCN(CCCNc2ncc3c(n2)-c2ccccc2C(c2ccc(NS(=O)(=O)c4ccc(-c5ccon5)s4)cc2)C3)CC1. The van der Waals surface area contributed by atoms with E-state index < -0.39 is 10.0 Å². The lowest BCUT2D eigenvalue weighted by Gasteiger charge is -2.32. The molecule has 0 radical (unpaired) electrons. The first kappa shape index (κ1) is 29.6. The molecule has 4 heterocycles. The minimum absolute atomic E-state index is 0.104. The van der Waals surface area contributed by atoms with Gasteiger partial charge < -0.3 is 19.6 Å². The second-order valence-corrected chi connectivity index (χ2v) is 14.6. The van der Waals surface area contributed by atoms with Crippen molar-refractivity contribution in [2.45, 2.75) is 23.0 Å². The summed E-state index contributed by atoms with van der Waals surface area (Å²) in [5.74, 6) is 0.767. The molecule has 1 fully saturated rings. The number of nitrogens with one attached hydrogen (secondary N) is 2. The van der Waals surface area contributed by atoms with Gasteiger partial charge in [0.2, 0.25) is 5.95 Å². The van der Waals surface area contributed by atoms with Crippen LogP contribution in [0.3, 0.4) is 0 Å². The number of aromatic nitrogens is 3. The van der Waals surface area contributed by atoms with E-state index in [-0.39, 0.29) is 10.1 Å². The fraction of sp³-hybridized carbons (Fsp3) is 0.303. The maximum absolute atomic E-state index is 13.1. The number of fused-ring (bicyclic) bond motifs is 3. The number of sulfonamides is 1. The van der Waals surface area contributed by atoms with Crippen molar-refractivity contribution in [2.24, 2.45) is 0 Å². The van der Waals surface area contributed by atoms with Crippen LogP contribution >= 0.6 is 11.3 Å². The van der Waals surface area contributed by atoms with Gasteiger partial charge in [-0.15, -0.1) is 11.3 Å². The Hall–Kier alpha value is -4.10. The van der Waals surface area contributed by atoms with E-state index in [2.05, 4.69) is 55.2 Å². The molecule has 0 bridgehead atoms. The van der Waals surface area contributed by atoms with E-state index in [1.54, 1.807) is 18.2 Å². The van der Waals surface area contributed by atoms with Crippen molar-refractivity contribution in [3.8, 4) is 21.8 Å². The van der Waals surface area contributed by atoms with Gasteiger partial charge in [0.15, 0.2) is 0 Å². The summed E-state index contributed by atoms with van der Waals surface area (Å²) in [6, 6.07) is 21.1. The van der Waals surface area contributed by atoms with Crippen LogP contribution in [-0.4, -0.2) is 79.7 Å². The molecule has 10 nitrogen and oxygen atoms in total. The first-order valence-corrected chi connectivity index (χ1v) is 17.5. The zero-order valence-electron chi connectivity index (χ0n) is 25.0. The lowest BCUT2D eigenvalue weighted by molar-refractivity contribution is 0.154. The molecule has 7 rings (SSSR count). The normalized spacial score (nSPS) is 17.0. The predicted molar refractivity (Wildman–Crippen MR) is 177 cm³/mol. The van der Waals surface area contributed by atoms with Crippen LogP contribution in [0.1, 0.15) is 29.0 Å². The van der Waals surface area contributed by atoms with Crippen LogP contribution in [0.15, 0.2) is 87.9 Å². The summed E-state index contributed by atoms with van der Waals surface area (Å²) >= 11 is 1.15. The standard InChI is InChI=1S/C33H35N7O3S2/c1-39-16-18-40(19-17-39)15-4-14-34-33-35-22-24-21-28(26-5-2-3-6-27(26)32(24)36-33)23-7-9-25(10-8-23)38-45(41,42)31-12-11-30(44-31)29-13-20-43-37-29/h2-3,5-13,20,22,28,38H,4,14-19,21H2,1H3,(H,34,35,36). The van der Waals surface area contributed by atoms with Crippen molar-refractivity contribution in [3.05, 3.63) is 95.9 Å². The fourth-order valence-corrected chi connectivity index (χ4v) is 8.35. The van der Waals surface area contributed by atoms with Crippen molar-refractivity contribution in [1.29, 1.82) is 0 Å². The van der Waals surface area contributed by atoms with Gasteiger partial charge in [-0.1, -0.05) is 41.6 Å². The van der Waals surface area contributed by atoms with E-state index in [1.807, 2.05) is 36.5 Å². The van der Waals surface area contributed by atoms with Gasteiger partial charge >= 0.3 is 0 Å². The Balaban J connectivity index is 1.02. The van der Waals surface area contributed by atoms with E-state index in [0.717, 1.165) is 90.7 Å². The Morgan fingerprint density at radius 1 is 1.00 bits per heavy atom. The van der Waals surface area contributed by atoms with E-state index in [9.17, 15) is 8.42 Å². The zero-order chi connectivity index (χ0) is 30.8. The van der Waals surface area contributed by atoms with Gasteiger partial charge in [0.25, 0.3) is 10.0 Å². The molecule has 1 atom stereocenters. The fourth-order valence-electron chi connectivity index (χ4n) is 6.02. The zero-order valence-corrected chi connectivity index (χ0v) is 26.7. The maximum Gasteiger partial charge on any atom is 0.271 e. The van der Waals surface area contributed by atoms with Crippen molar-refractivity contribution in [2.75, 3.05) is 56.4 Å². The molecule has 12 heteroatoms. The molecule has 3 aromatic heterocycles. The van der Waals surface area contributed by atoms with Gasteiger partial charge in [0.05, 0.1) is 10.6 Å². The number of piperazine rings is 1. The summed E-state index contributed by atoms with van der Waals surface area (Å²) in [6.07, 6.45) is 5.23. The van der Waals surface area contributed by atoms with Crippen molar-refractivity contribution in [1.82, 2.24) is 24.9 Å². The highest BCUT2D eigenvalue weighted by Gasteiger charge is 2.28. The number of anilines is 2. The number of rotatable bonds is 10. The molecule has 0 amide bonds. The number of hydrogen-bond donors (Lipinski definition) is 2. The lowest BCUT2D eigenvalue weighted by atomic mass is 9.78. The molecule has 1 aliphatic carbocycles. The molecule has 232 valence electrons. The van der Waals surface area contributed by atoms with Crippen molar-refractivity contribution in [3.63, 3.8) is 0 Å². The quantitative estimate of drug-likeness (QED) is 0.194. The van der Waals surface area contributed by atoms with Crippen LogP contribution in [0, 0.1) is 0 Å². The topological polar surface area (TPSA) is 116 Å². The van der Waals surface area contributed by atoms with Crippen LogP contribution in [0.25, 0.3) is 21.8 Å². The summed E-state index contributed by atoms with van der Waals surface area (Å²) in [5.41, 5.74) is 6.61. The van der Waals surface area contributed by atoms with Crippen LogP contribution in [0.5, 0.6) is 0 Å². The molecule has 45 heavy (non-hydrogen) atoms. The van der Waals surface area contributed by atoms with Crippen LogP contribution < -0.4 is 10.0 Å². The van der Waals surface area contributed by atoms with E-state index in [1.165, 1.54) is 11.8 Å². The third kappa shape index (κ3) is 6.50. The minimum Gasteiger partial charge on any atom is -0.364 e. The number of hydrogen-bond acceptors (Lipinski definition) is 10. The Kier molecular flexibility index (Phi) is 8.37. The highest BCUT2D eigenvalue weighted by atomic mass is 32.2. The molecule has 5 aromatic rings. The second kappa shape index (κ2) is 12.7. The molecule has 1 saturated heterocycles. The monoisotopic (exact) mass is 641 g/mol. The molecule has 2 aliphatic rings. The van der Waals surface area contributed by atoms with Crippen LogP contribution in [0.2, 0.25) is 0 Å². The summed E-state index contributed by atoms with van der Waals surface area (Å²) < 4.78 is 34.0. The Labute approximate surface area is 267 Å². The summed E-state index contributed by atoms with van der Waals surface area (Å²) in [5, 5.41) is 7.33. The average molecular weight is 642 g/mol. The first-order chi connectivity index (χ1) is 21.9. The molecular weight excluding hydrogens is 607 g/mol. The summed E-state index contributed by atoms with van der Waals surface area (Å²) in [6.45, 7) is 6.43. The number of benzene rings is 2. The van der Waals surface area contributed by atoms with Crippen molar-refractivity contribution < 1.29 is 12.9 Å². The molecular formula is C33H35N7O3S2. The molecule has 2 aromatic carbocycles. The maximum atomic E-state index is 13.1. The Bertz CT molecular complexity index is 1870. The minimum atomic E-state index is -3.75.